The summed E-state index contributed by atoms with van der Waals surface area (Å²) in [6, 6.07) is 17.4. The largest absolute Gasteiger partial charge is 0.457 e. The molecule has 9 nitrogen and oxygen atoms in total. The van der Waals surface area contributed by atoms with Crippen LogP contribution in [-0.2, 0) is 4.79 Å². The number of amides is 1. The molecule has 0 bridgehead atoms. The summed E-state index contributed by atoms with van der Waals surface area (Å²) in [6.45, 7) is 11.9. The molecule has 0 aliphatic carbocycles. The zero-order valence-corrected chi connectivity index (χ0v) is 22.6. The number of carbonyl (C=O) groups excluding carboxylic acids is 1. The van der Waals surface area contributed by atoms with Crippen molar-refractivity contribution in [1.29, 1.82) is 0 Å². The number of benzene rings is 2. The summed E-state index contributed by atoms with van der Waals surface area (Å²) in [7, 11) is 0. The van der Waals surface area contributed by atoms with Crippen molar-refractivity contribution in [2.45, 2.75) is 32.7 Å². The Balaban J connectivity index is 1.41. The molecule has 5 rings (SSSR count). The Morgan fingerprint density at radius 1 is 1.08 bits per heavy atom. The van der Waals surface area contributed by atoms with Gasteiger partial charge in [-0.15, -0.1) is 0 Å². The highest BCUT2D eigenvalue weighted by molar-refractivity contribution is 5.98. The molecule has 1 aliphatic heterocycles. The van der Waals surface area contributed by atoms with Gasteiger partial charge in [-0.2, -0.15) is 5.10 Å². The van der Waals surface area contributed by atoms with Crippen LogP contribution in [0.3, 0.4) is 0 Å². The third-order valence-electron chi connectivity index (χ3n) is 7.27. The zero-order valence-electron chi connectivity index (χ0n) is 22.6. The van der Waals surface area contributed by atoms with Gasteiger partial charge >= 0.3 is 0 Å². The molecule has 2 aromatic heterocycles. The third kappa shape index (κ3) is 5.63. The number of nitrogens with two attached hydrogens (primary N) is 1. The van der Waals surface area contributed by atoms with Gasteiger partial charge in [-0.1, -0.05) is 38.6 Å². The number of ether oxygens (including phenoxy) is 1. The fourth-order valence-corrected chi connectivity index (χ4v) is 5.10. The molecule has 39 heavy (non-hydrogen) atoms. The first kappa shape index (κ1) is 26.4. The first-order valence-electron chi connectivity index (χ1n) is 13.5. The molecule has 3 heterocycles. The fraction of sp³-hybridized carbons (Fsp3) is 0.333. The summed E-state index contributed by atoms with van der Waals surface area (Å²) >= 11 is 0. The number of nitrogen functional groups attached to an aromatic ring is 1. The van der Waals surface area contributed by atoms with Crippen molar-refractivity contribution >= 4 is 22.8 Å². The smallest absolute Gasteiger partial charge is 0.250 e. The van der Waals surface area contributed by atoms with Crippen molar-refractivity contribution in [1.82, 2.24) is 29.5 Å². The number of nitrogens with zero attached hydrogens (tertiary/aromatic N) is 6. The third-order valence-corrected chi connectivity index (χ3v) is 7.27. The van der Waals surface area contributed by atoms with Crippen molar-refractivity contribution in [2.24, 2.45) is 0 Å². The van der Waals surface area contributed by atoms with Crippen LogP contribution in [0.1, 0.15) is 32.7 Å². The average molecular weight is 526 g/mol. The summed E-state index contributed by atoms with van der Waals surface area (Å²) in [6.07, 6.45) is 3.22. The molecule has 1 amide bonds. The molecular formula is C30H35N7O2. The van der Waals surface area contributed by atoms with Gasteiger partial charge in [0.05, 0.1) is 11.4 Å². The van der Waals surface area contributed by atoms with Crippen molar-refractivity contribution in [2.75, 3.05) is 38.5 Å². The Morgan fingerprint density at radius 3 is 2.51 bits per heavy atom. The summed E-state index contributed by atoms with van der Waals surface area (Å²) in [5, 5.41) is 5.71. The van der Waals surface area contributed by atoms with Crippen LogP contribution >= 0.6 is 0 Å². The second kappa shape index (κ2) is 11.7. The molecule has 9 heteroatoms. The molecule has 2 aromatic carbocycles. The molecule has 0 saturated carbocycles. The van der Waals surface area contributed by atoms with E-state index < -0.39 is 0 Å². The van der Waals surface area contributed by atoms with Gasteiger partial charge in [0.15, 0.2) is 5.65 Å². The second-order valence-electron chi connectivity index (χ2n) is 9.80. The van der Waals surface area contributed by atoms with Gasteiger partial charge in [0.25, 0.3) is 5.91 Å². The van der Waals surface area contributed by atoms with Crippen LogP contribution in [0.15, 0.2) is 73.1 Å². The van der Waals surface area contributed by atoms with Crippen LogP contribution in [0.4, 0.5) is 5.82 Å². The lowest BCUT2D eigenvalue weighted by Gasteiger charge is -2.34. The van der Waals surface area contributed by atoms with E-state index in [0.717, 1.165) is 43.0 Å². The van der Waals surface area contributed by atoms with Crippen molar-refractivity contribution < 1.29 is 9.53 Å². The molecule has 202 valence electrons. The van der Waals surface area contributed by atoms with E-state index in [-0.39, 0.29) is 11.9 Å². The number of likely N-dealkylation sites (tertiary alicyclic amines) is 1. The summed E-state index contributed by atoms with van der Waals surface area (Å²) < 4.78 is 7.87. The SMILES string of the molecule is C=C(CN(CC)CC)C(=O)N1CCCC(n2nc(-c3ccc(Oc4ccccc4)cc3)c3c(N)ncnc32)C1. The van der Waals surface area contributed by atoms with Gasteiger partial charge in [-0.3, -0.25) is 9.69 Å². The Morgan fingerprint density at radius 2 is 1.79 bits per heavy atom. The maximum atomic E-state index is 13.3. The Bertz CT molecular complexity index is 1450. The minimum absolute atomic E-state index is 0.00595. The predicted octanol–water partition coefficient (Wildman–Crippen LogP) is 4.93. The van der Waals surface area contributed by atoms with Gasteiger partial charge in [0.1, 0.15) is 29.3 Å². The molecule has 2 N–H and O–H groups in total. The number of likely N-dealkylation sites (N-methyl/N-ethyl adjacent to an activating group) is 1. The maximum Gasteiger partial charge on any atom is 0.250 e. The molecule has 1 atom stereocenters. The number of hydrogen-bond acceptors (Lipinski definition) is 7. The first-order valence-corrected chi connectivity index (χ1v) is 13.5. The lowest BCUT2D eigenvalue weighted by atomic mass is 10.0. The molecule has 1 aliphatic rings. The normalized spacial score (nSPS) is 15.6. The van der Waals surface area contributed by atoms with Crippen molar-refractivity contribution in [3.63, 3.8) is 0 Å². The van der Waals surface area contributed by atoms with Crippen LogP contribution in [-0.4, -0.2) is 68.2 Å². The van der Waals surface area contributed by atoms with E-state index in [1.165, 1.54) is 6.33 Å². The quantitative estimate of drug-likeness (QED) is 0.309. The minimum atomic E-state index is -0.0322. The Labute approximate surface area is 228 Å². The van der Waals surface area contributed by atoms with E-state index in [4.69, 9.17) is 15.6 Å². The lowest BCUT2D eigenvalue weighted by Crippen LogP contribution is -2.43. The van der Waals surface area contributed by atoms with E-state index in [0.29, 0.717) is 47.8 Å². The van der Waals surface area contributed by atoms with Crippen LogP contribution in [0.5, 0.6) is 11.5 Å². The number of piperidine rings is 1. The van der Waals surface area contributed by atoms with Crippen molar-refractivity contribution in [3.8, 4) is 22.8 Å². The van der Waals surface area contributed by atoms with Gasteiger partial charge in [0.2, 0.25) is 0 Å². The number of anilines is 1. The fourth-order valence-electron chi connectivity index (χ4n) is 5.10. The second-order valence-corrected chi connectivity index (χ2v) is 9.80. The zero-order chi connectivity index (χ0) is 27.4. The number of fused-ring (bicyclic) bond motifs is 1. The van der Waals surface area contributed by atoms with E-state index in [1.54, 1.807) is 0 Å². The standard InChI is InChI=1S/C30H35N7O2/c1-4-35(5-2)18-21(3)30(38)36-17-9-10-23(19-36)37-29-26(28(31)32-20-33-29)27(34-37)22-13-15-25(16-14-22)39-24-11-7-6-8-12-24/h6-8,11-16,20,23H,3-5,9-10,17-19H2,1-2H3,(H2,31,32,33). The van der Waals surface area contributed by atoms with Crippen LogP contribution in [0.2, 0.25) is 0 Å². The number of para-hydroxylation sites is 1. The Kier molecular flexibility index (Phi) is 7.88. The molecule has 1 saturated heterocycles. The molecule has 0 radical (unpaired) electrons. The van der Waals surface area contributed by atoms with Crippen LogP contribution in [0, 0.1) is 0 Å². The molecule has 1 fully saturated rings. The van der Waals surface area contributed by atoms with Crippen LogP contribution in [0.25, 0.3) is 22.3 Å². The molecule has 1 unspecified atom stereocenters. The molecular weight excluding hydrogens is 490 g/mol. The van der Waals surface area contributed by atoms with Crippen molar-refractivity contribution in [3.05, 3.63) is 73.1 Å². The predicted molar refractivity (Wildman–Crippen MR) is 153 cm³/mol. The van der Waals surface area contributed by atoms with E-state index in [2.05, 4.69) is 35.3 Å². The van der Waals surface area contributed by atoms with Gasteiger partial charge in [-0.05, 0) is 62.3 Å². The van der Waals surface area contributed by atoms with Gasteiger partial charge in [-0.25, -0.2) is 14.6 Å². The van der Waals surface area contributed by atoms with E-state index in [1.807, 2.05) is 64.2 Å². The molecule has 4 aromatic rings. The first-order chi connectivity index (χ1) is 19.0. The number of carbonyl (C=O) groups is 1. The van der Waals surface area contributed by atoms with E-state index in [9.17, 15) is 4.79 Å². The highest BCUT2D eigenvalue weighted by Crippen LogP contribution is 2.35. The summed E-state index contributed by atoms with van der Waals surface area (Å²) in [5.41, 5.74) is 9.24. The highest BCUT2D eigenvalue weighted by atomic mass is 16.5. The average Bonchev–Trinajstić information content (AvgIpc) is 3.37. The number of rotatable bonds is 9. The van der Waals surface area contributed by atoms with Crippen LogP contribution < -0.4 is 10.5 Å². The minimum Gasteiger partial charge on any atom is -0.457 e. The number of hydrogen-bond donors (Lipinski definition) is 1. The van der Waals surface area contributed by atoms with E-state index >= 15 is 0 Å². The molecule has 0 spiro atoms. The lowest BCUT2D eigenvalue weighted by molar-refractivity contribution is -0.129. The maximum absolute atomic E-state index is 13.3. The monoisotopic (exact) mass is 525 g/mol. The van der Waals surface area contributed by atoms with Gasteiger partial charge < -0.3 is 15.4 Å². The topological polar surface area (TPSA) is 102 Å². The summed E-state index contributed by atoms with van der Waals surface area (Å²) in [4.78, 5) is 26.2. The van der Waals surface area contributed by atoms with Gasteiger partial charge in [0, 0.05) is 30.8 Å². The highest BCUT2D eigenvalue weighted by Gasteiger charge is 2.29. The summed E-state index contributed by atoms with van der Waals surface area (Å²) in [5.74, 6) is 1.88. The number of aromatic nitrogens is 4. The Hall–Kier alpha value is -4.24.